The van der Waals surface area contributed by atoms with E-state index in [1.54, 1.807) is 6.92 Å². The summed E-state index contributed by atoms with van der Waals surface area (Å²) < 4.78 is 12.8. The molecular weight excluding hydrogens is 381 g/mol. The van der Waals surface area contributed by atoms with Crippen LogP contribution >= 0.6 is 23.1 Å². The van der Waals surface area contributed by atoms with Crippen LogP contribution in [0.25, 0.3) is 0 Å². The molecule has 0 spiro atoms. The van der Waals surface area contributed by atoms with Gasteiger partial charge in [-0.25, -0.2) is 14.2 Å². The van der Waals surface area contributed by atoms with E-state index in [1.807, 2.05) is 0 Å². The fourth-order valence-corrected chi connectivity index (χ4v) is 3.22. The maximum absolute atomic E-state index is 12.8. The van der Waals surface area contributed by atoms with Gasteiger partial charge in [-0.05, 0) is 31.2 Å². The van der Waals surface area contributed by atoms with Gasteiger partial charge in [-0.1, -0.05) is 0 Å². The molecule has 1 unspecified atom stereocenters. The Bertz CT molecular complexity index is 795. The van der Waals surface area contributed by atoms with Crippen molar-refractivity contribution < 1.29 is 23.9 Å². The van der Waals surface area contributed by atoms with Gasteiger partial charge in [0.15, 0.2) is 5.69 Å². The molecule has 7 nitrogen and oxygen atoms in total. The van der Waals surface area contributed by atoms with E-state index in [0.717, 1.165) is 23.1 Å². The second-order valence-corrected chi connectivity index (χ2v) is 7.43. The number of amides is 2. The quantitative estimate of drug-likeness (QED) is 0.631. The lowest BCUT2D eigenvalue weighted by Gasteiger charge is -2.11. The molecule has 3 N–H and O–H groups in total. The molecule has 2 amide bonds. The van der Waals surface area contributed by atoms with Gasteiger partial charge in [0.25, 0.3) is 0 Å². The fourth-order valence-electron chi connectivity index (χ4n) is 1.80. The second kappa shape index (κ2) is 9.30. The zero-order valence-corrected chi connectivity index (χ0v) is 15.3. The minimum atomic E-state index is -1.12. The van der Waals surface area contributed by atoms with Crippen LogP contribution in [0.3, 0.4) is 0 Å². The maximum atomic E-state index is 12.8. The first kappa shape index (κ1) is 19.9. The Balaban J connectivity index is 1.73. The Morgan fingerprint density at radius 1 is 1.31 bits per heavy atom. The summed E-state index contributed by atoms with van der Waals surface area (Å²) in [5.74, 6) is -2.02. The number of carbonyl (C=O) groups excluding carboxylic acids is 2. The normalized spacial score (nSPS) is 11.6. The predicted molar refractivity (Wildman–Crippen MR) is 97.9 cm³/mol. The molecule has 26 heavy (non-hydrogen) atoms. The van der Waals surface area contributed by atoms with Crippen molar-refractivity contribution in [3.8, 4) is 0 Å². The van der Waals surface area contributed by atoms with Crippen molar-refractivity contribution in [2.45, 2.75) is 18.7 Å². The van der Waals surface area contributed by atoms with E-state index >= 15 is 0 Å². The van der Waals surface area contributed by atoms with Crippen molar-refractivity contribution in [3.63, 3.8) is 0 Å². The topological polar surface area (TPSA) is 108 Å². The van der Waals surface area contributed by atoms with Crippen LogP contribution in [0.2, 0.25) is 0 Å². The average molecular weight is 397 g/mol. The number of carboxylic acids is 1. The van der Waals surface area contributed by atoms with Gasteiger partial charge < -0.3 is 15.7 Å². The van der Waals surface area contributed by atoms with Crippen molar-refractivity contribution in [2.24, 2.45) is 0 Å². The number of nitrogens with zero attached hydrogens (tertiary/aromatic N) is 1. The number of thioether (sulfide) groups is 1. The second-order valence-electron chi connectivity index (χ2n) is 5.16. The van der Waals surface area contributed by atoms with Gasteiger partial charge in [0, 0.05) is 11.1 Å². The minimum absolute atomic E-state index is 0.0564. The van der Waals surface area contributed by atoms with Gasteiger partial charge in [-0.3, -0.25) is 9.59 Å². The molecule has 10 heteroatoms. The van der Waals surface area contributed by atoms with Crippen molar-refractivity contribution in [2.75, 3.05) is 11.1 Å². The summed E-state index contributed by atoms with van der Waals surface area (Å²) in [5, 5.41) is 15.5. The number of anilines is 1. The third-order valence-electron chi connectivity index (χ3n) is 3.15. The first-order chi connectivity index (χ1) is 12.3. The Morgan fingerprint density at radius 3 is 2.62 bits per heavy atom. The van der Waals surface area contributed by atoms with E-state index in [0.29, 0.717) is 10.7 Å². The summed E-state index contributed by atoms with van der Waals surface area (Å²) in [6.45, 7) is 1.79. The number of hydrogen-bond acceptors (Lipinski definition) is 6. The van der Waals surface area contributed by atoms with Gasteiger partial charge >= 0.3 is 5.97 Å². The van der Waals surface area contributed by atoms with Crippen LogP contribution in [-0.4, -0.2) is 38.9 Å². The number of carboxylic acid groups (broad SMARTS) is 1. The molecule has 2 rings (SSSR count). The zero-order valence-electron chi connectivity index (χ0n) is 13.7. The molecule has 2 aromatic rings. The maximum Gasteiger partial charge on any atom is 0.355 e. The highest BCUT2D eigenvalue weighted by Gasteiger charge is 2.16. The van der Waals surface area contributed by atoms with Crippen molar-refractivity contribution >= 4 is 46.6 Å². The van der Waals surface area contributed by atoms with Gasteiger partial charge in [-0.2, -0.15) is 0 Å². The molecule has 138 valence electrons. The Labute approximate surface area is 157 Å². The lowest BCUT2D eigenvalue weighted by atomic mass is 10.3. The molecule has 0 aliphatic carbocycles. The summed E-state index contributed by atoms with van der Waals surface area (Å²) in [4.78, 5) is 38.5. The number of aromatic carboxylic acids is 1. The zero-order chi connectivity index (χ0) is 19.1. The molecule has 0 aliphatic heterocycles. The third kappa shape index (κ3) is 6.12. The summed E-state index contributed by atoms with van der Waals surface area (Å²) in [7, 11) is 0. The minimum Gasteiger partial charge on any atom is -0.476 e. The van der Waals surface area contributed by atoms with Crippen molar-refractivity contribution in [1.29, 1.82) is 0 Å². The molecule has 0 fully saturated rings. The van der Waals surface area contributed by atoms with E-state index in [2.05, 4.69) is 15.6 Å². The van der Waals surface area contributed by atoms with E-state index in [-0.39, 0.29) is 29.8 Å². The van der Waals surface area contributed by atoms with Crippen molar-refractivity contribution in [3.05, 3.63) is 46.2 Å². The number of thiazole rings is 1. The molecular formula is C16H16FN3O4S2. The molecule has 0 radical (unpaired) electrons. The van der Waals surface area contributed by atoms with Gasteiger partial charge in [0.05, 0.1) is 17.5 Å². The molecule has 1 aromatic carbocycles. The van der Waals surface area contributed by atoms with E-state index < -0.39 is 17.0 Å². The van der Waals surface area contributed by atoms with Gasteiger partial charge in [0.2, 0.25) is 11.8 Å². The highest BCUT2D eigenvalue weighted by atomic mass is 32.2. The van der Waals surface area contributed by atoms with E-state index in [1.165, 1.54) is 29.6 Å². The summed E-state index contributed by atoms with van der Waals surface area (Å²) in [6.07, 6.45) is 0. The van der Waals surface area contributed by atoms with Crippen LogP contribution in [-0.2, 0) is 16.1 Å². The number of nitrogens with one attached hydrogen (secondary N) is 2. The smallest absolute Gasteiger partial charge is 0.355 e. The number of benzene rings is 1. The Morgan fingerprint density at radius 2 is 2.00 bits per heavy atom. The van der Waals surface area contributed by atoms with Crippen LogP contribution in [0.1, 0.15) is 22.4 Å². The standard InChI is InChI=1S/C16H16FN3O4S2/c1-9(15(22)18-6-14-20-12(7-26-14)16(23)24)25-8-13(21)19-11-4-2-10(17)3-5-11/h2-5,7,9H,6,8H2,1H3,(H,18,22)(H,19,21)(H,23,24). The van der Waals surface area contributed by atoms with E-state index in [4.69, 9.17) is 5.11 Å². The number of hydrogen-bond donors (Lipinski definition) is 3. The monoisotopic (exact) mass is 397 g/mol. The summed E-state index contributed by atoms with van der Waals surface area (Å²) in [6, 6.07) is 5.39. The van der Waals surface area contributed by atoms with Crippen LogP contribution < -0.4 is 10.6 Å². The molecule has 0 bridgehead atoms. The highest BCUT2D eigenvalue weighted by molar-refractivity contribution is 8.01. The summed E-state index contributed by atoms with van der Waals surface area (Å²) in [5.41, 5.74) is 0.422. The fraction of sp³-hybridized carbons (Fsp3) is 0.250. The number of carbonyl (C=O) groups is 3. The average Bonchev–Trinajstić information content (AvgIpc) is 3.09. The lowest BCUT2D eigenvalue weighted by Crippen LogP contribution is -2.31. The van der Waals surface area contributed by atoms with Crippen molar-refractivity contribution in [1.82, 2.24) is 10.3 Å². The molecule has 0 saturated heterocycles. The number of aromatic nitrogens is 1. The molecule has 0 aliphatic rings. The van der Waals surface area contributed by atoms with Gasteiger partial charge in [0.1, 0.15) is 10.8 Å². The van der Waals surface area contributed by atoms with Crippen LogP contribution in [0.4, 0.5) is 10.1 Å². The first-order valence-corrected chi connectivity index (χ1v) is 9.40. The lowest BCUT2D eigenvalue weighted by molar-refractivity contribution is -0.120. The van der Waals surface area contributed by atoms with Gasteiger partial charge in [-0.15, -0.1) is 23.1 Å². The molecule has 1 heterocycles. The molecule has 1 aromatic heterocycles. The Kier molecular flexibility index (Phi) is 7.10. The van der Waals surface area contributed by atoms with Crippen LogP contribution in [0.5, 0.6) is 0 Å². The predicted octanol–water partition coefficient (Wildman–Crippen LogP) is 2.36. The number of halogens is 1. The van der Waals surface area contributed by atoms with Crippen LogP contribution in [0.15, 0.2) is 29.6 Å². The highest BCUT2D eigenvalue weighted by Crippen LogP contribution is 2.14. The summed E-state index contributed by atoms with van der Waals surface area (Å²) >= 11 is 2.30. The third-order valence-corrected chi connectivity index (χ3v) is 5.14. The molecule has 1 atom stereocenters. The molecule has 0 saturated carbocycles. The largest absolute Gasteiger partial charge is 0.476 e. The first-order valence-electron chi connectivity index (χ1n) is 7.47. The van der Waals surface area contributed by atoms with E-state index in [9.17, 15) is 18.8 Å². The Hall–Kier alpha value is -2.46. The SMILES string of the molecule is CC(SCC(=O)Nc1ccc(F)cc1)C(=O)NCc1nc(C(=O)O)cs1. The van der Waals surface area contributed by atoms with Crippen LogP contribution in [0, 0.1) is 5.82 Å². The number of rotatable bonds is 8.